The van der Waals surface area contributed by atoms with Crippen molar-refractivity contribution in [1.29, 1.82) is 0 Å². The first-order valence-corrected chi connectivity index (χ1v) is 9.63. The van der Waals surface area contributed by atoms with Crippen molar-refractivity contribution in [1.82, 2.24) is 4.90 Å². The van der Waals surface area contributed by atoms with Crippen molar-refractivity contribution in [3.63, 3.8) is 0 Å². The second kappa shape index (κ2) is 9.12. The summed E-state index contributed by atoms with van der Waals surface area (Å²) >= 11 is 1.44. The summed E-state index contributed by atoms with van der Waals surface area (Å²) in [4.78, 5) is 27.4. The fraction of sp³-hybridized carbons (Fsp3) is 0.400. The highest BCUT2D eigenvalue weighted by atomic mass is 32.1. The number of ether oxygens (including phenoxy) is 3. The van der Waals surface area contributed by atoms with Crippen LogP contribution in [0.5, 0.6) is 0 Å². The van der Waals surface area contributed by atoms with E-state index in [1.807, 2.05) is 41.3 Å². The fourth-order valence-electron chi connectivity index (χ4n) is 3.14. The molecule has 2 heterocycles. The molecule has 27 heavy (non-hydrogen) atoms. The van der Waals surface area contributed by atoms with E-state index in [1.54, 1.807) is 6.07 Å². The van der Waals surface area contributed by atoms with Crippen molar-refractivity contribution < 1.29 is 23.8 Å². The molecule has 144 valence electrons. The third kappa shape index (κ3) is 4.74. The first kappa shape index (κ1) is 19.5. The molecule has 0 aliphatic carbocycles. The maximum atomic E-state index is 12.1. The van der Waals surface area contributed by atoms with Gasteiger partial charge in [0.2, 0.25) is 6.23 Å². The summed E-state index contributed by atoms with van der Waals surface area (Å²) in [6.07, 6.45) is 0.832. The maximum absolute atomic E-state index is 12.1. The average molecular weight is 389 g/mol. The van der Waals surface area contributed by atoms with Gasteiger partial charge in [-0.2, -0.15) is 0 Å². The number of esters is 2. The van der Waals surface area contributed by atoms with Gasteiger partial charge >= 0.3 is 11.9 Å². The van der Waals surface area contributed by atoms with E-state index in [9.17, 15) is 9.59 Å². The molecule has 2 aromatic rings. The minimum absolute atomic E-state index is 0.150. The summed E-state index contributed by atoms with van der Waals surface area (Å²) in [6.45, 7) is 1.34. The van der Waals surface area contributed by atoms with E-state index in [0.717, 1.165) is 23.3 Å². The van der Waals surface area contributed by atoms with Crippen molar-refractivity contribution in [2.24, 2.45) is 0 Å². The molecular formula is C20H23NO5S. The van der Waals surface area contributed by atoms with Gasteiger partial charge < -0.3 is 14.2 Å². The quantitative estimate of drug-likeness (QED) is 0.678. The molecule has 1 unspecified atom stereocenters. The number of benzene rings is 1. The van der Waals surface area contributed by atoms with Gasteiger partial charge in [-0.05, 0) is 30.5 Å². The number of nitrogens with zero attached hydrogens (tertiary/aromatic N) is 1. The van der Waals surface area contributed by atoms with Crippen LogP contribution in [0, 0.1) is 0 Å². The van der Waals surface area contributed by atoms with Gasteiger partial charge in [-0.3, -0.25) is 4.90 Å². The molecule has 1 saturated heterocycles. The molecule has 3 rings (SSSR count). The molecule has 1 aromatic heterocycles. The molecule has 2 atom stereocenters. The highest BCUT2D eigenvalue weighted by Crippen LogP contribution is 2.30. The highest BCUT2D eigenvalue weighted by Gasteiger charge is 2.38. The van der Waals surface area contributed by atoms with Gasteiger partial charge in [-0.15, -0.1) is 11.3 Å². The lowest BCUT2D eigenvalue weighted by molar-refractivity contribution is -0.160. The van der Waals surface area contributed by atoms with E-state index in [0.29, 0.717) is 18.0 Å². The van der Waals surface area contributed by atoms with Gasteiger partial charge in [-0.1, -0.05) is 30.3 Å². The number of thiophene rings is 1. The van der Waals surface area contributed by atoms with Crippen LogP contribution < -0.4 is 0 Å². The Morgan fingerprint density at radius 1 is 1.15 bits per heavy atom. The lowest BCUT2D eigenvalue weighted by Gasteiger charge is -2.20. The number of rotatable bonds is 7. The Morgan fingerprint density at radius 3 is 2.63 bits per heavy atom. The van der Waals surface area contributed by atoms with Crippen LogP contribution in [0.3, 0.4) is 0 Å². The molecule has 0 spiro atoms. The van der Waals surface area contributed by atoms with Gasteiger partial charge in [-0.25, -0.2) is 9.59 Å². The molecule has 0 radical (unpaired) electrons. The minimum Gasteiger partial charge on any atom is -0.466 e. The highest BCUT2D eigenvalue weighted by molar-refractivity contribution is 7.13. The normalized spacial score (nSPS) is 19.8. The van der Waals surface area contributed by atoms with Gasteiger partial charge in [0, 0.05) is 18.0 Å². The van der Waals surface area contributed by atoms with Crippen molar-refractivity contribution in [3.05, 3.63) is 57.8 Å². The molecule has 1 fully saturated rings. The Balaban J connectivity index is 1.59. The van der Waals surface area contributed by atoms with Crippen LogP contribution >= 0.6 is 11.3 Å². The number of hydrogen-bond acceptors (Lipinski definition) is 7. The number of carbonyl (C=O) groups excluding carboxylic acids is 2. The number of methoxy groups -OCH3 is 2. The molecule has 0 saturated carbocycles. The topological polar surface area (TPSA) is 65.1 Å². The van der Waals surface area contributed by atoms with Gasteiger partial charge in [0.1, 0.15) is 4.88 Å². The summed E-state index contributed by atoms with van der Waals surface area (Å²) in [5, 5.41) is 0. The molecule has 1 aliphatic rings. The largest absolute Gasteiger partial charge is 0.466 e. The van der Waals surface area contributed by atoms with Crippen molar-refractivity contribution >= 4 is 23.3 Å². The summed E-state index contributed by atoms with van der Waals surface area (Å²) in [7, 11) is 2.75. The summed E-state index contributed by atoms with van der Waals surface area (Å²) < 4.78 is 15.6. The first-order valence-electron chi connectivity index (χ1n) is 8.81. The van der Waals surface area contributed by atoms with E-state index < -0.39 is 6.23 Å². The molecule has 0 N–H and O–H groups in total. The lowest BCUT2D eigenvalue weighted by Crippen LogP contribution is -2.38. The maximum Gasteiger partial charge on any atom is 0.350 e. The summed E-state index contributed by atoms with van der Waals surface area (Å²) in [5.74, 6) is -0.687. The van der Waals surface area contributed by atoms with Crippen molar-refractivity contribution in [2.45, 2.75) is 25.2 Å². The predicted octanol–water partition coefficient (Wildman–Crippen LogP) is 3.04. The Hall–Kier alpha value is -2.22. The van der Waals surface area contributed by atoms with E-state index in [-0.39, 0.29) is 18.0 Å². The zero-order valence-electron chi connectivity index (χ0n) is 15.4. The third-order valence-electron chi connectivity index (χ3n) is 4.52. The molecular weight excluding hydrogens is 366 g/mol. The average Bonchev–Trinajstić information content (AvgIpc) is 3.35. The van der Waals surface area contributed by atoms with Crippen LogP contribution in [-0.4, -0.2) is 50.4 Å². The number of carbonyl (C=O) groups is 2. The summed E-state index contributed by atoms with van der Waals surface area (Å²) in [6, 6.07) is 13.6. The standard InChI is InChI=1S/C20H23NO5S/c1-24-19(22)17-11-10-15(27-17)9-6-12-21-13-16(14-7-4-3-5-8-14)26-18(21)20(23)25-2/h3-5,7-8,10-11,16,18H,6,9,12-13H2,1-2H3/t16-,18?/m0/s1. The summed E-state index contributed by atoms with van der Waals surface area (Å²) in [5.41, 5.74) is 1.05. The predicted molar refractivity (Wildman–Crippen MR) is 102 cm³/mol. The lowest BCUT2D eigenvalue weighted by atomic mass is 10.1. The van der Waals surface area contributed by atoms with E-state index in [4.69, 9.17) is 14.2 Å². The zero-order chi connectivity index (χ0) is 19.2. The van der Waals surface area contributed by atoms with Gasteiger partial charge in [0.15, 0.2) is 0 Å². The SMILES string of the molecule is COC(=O)c1ccc(CCCN2C[C@@H](c3ccccc3)OC2C(=O)OC)s1. The smallest absolute Gasteiger partial charge is 0.350 e. The molecule has 6 nitrogen and oxygen atoms in total. The van der Waals surface area contributed by atoms with Crippen LogP contribution in [0.25, 0.3) is 0 Å². The Morgan fingerprint density at radius 2 is 1.93 bits per heavy atom. The zero-order valence-corrected chi connectivity index (χ0v) is 16.2. The number of aryl methyl sites for hydroxylation is 1. The Bertz CT molecular complexity index is 776. The van der Waals surface area contributed by atoms with Crippen LogP contribution in [0.1, 0.15) is 32.6 Å². The van der Waals surface area contributed by atoms with Crippen LogP contribution in [0.4, 0.5) is 0 Å². The van der Waals surface area contributed by atoms with Crippen LogP contribution in [-0.2, 0) is 25.4 Å². The Kier molecular flexibility index (Phi) is 6.60. The minimum atomic E-state index is -0.686. The Labute approximate surface area is 162 Å². The third-order valence-corrected chi connectivity index (χ3v) is 5.64. The first-order chi connectivity index (χ1) is 13.1. The molecule has 0 amide bonds. The van der Waals surface area contributed by atoms with Gasteiger partial charge in [0.05, 0.1) is 20.3 Å². The molecule has 1 aliphatic heterocycles. The van der Waals surface area contributed by atoms with Crippen molar-refractivity contribution in [2.75, 3.05) is 27.3 Å². The van der Waals surface area contributed by atoms with E-state index in [2.05, 4.69) is 0 Å². The van der Waals surface area contributed by atoms with Gasteiger partial charge in [0.25, 0.3) is 0 Å². The number of hydrogen-bond donors (Lipinski definition) is 0. The molecule has 1 aromatic carbocycles. The second-order valence-electron chi connectivity index (χ2n) is 6.27. The van der Waals surface area contributed by atoms with E-state index >= 15 is 0 Å². The van der Waals surface area contributed by atoms with Crippen LogP contribution in [0.15, 0.2) is 42.5 Å². The monoisotopic (exact) mass is 389 g/mol. The second-order valence-corrected chi connectivity index (χ2v) is 7.44. The molecule has 0 bridgehead atoms. The van der Waals surface area contributed by atoms with Crippen LogP contribution in [0.2, 0.25) is 0 Å². The van der Waals surface area contributed by atoms with Crippen molar-refractivity contribution in [3.8, 4) is 0 Å². The fourth-order valence-corrected chi connectivity index (χ4v) is 4.11. The molecule has 7 heteroatoms. The van der Waals surface area contributed by atoms with E-state index in [1.165, 1.54) is 25.6 Å².